The van der Waals surface area contributed by atoms with E-state index in [4.69, 9.17) is 4.74 Å². The van der Waals surface area contributed by atoms with Crippen molar-refractivity contribution in [3.63, 3.8) is 0 Å². The standard InChI is InChI=1S/C24H18N2O/c1-3-9-20(10-4-1)23-16-19(8-7-13-22-18-25-14-15-26-22)17-24(27-23)21-11-5-2-6-12-21/h1-18H/b13-7+. The Kier molecular flexibility index (Phi) is 5.02. The lowest BCUT2D eigenvalue weighted by molar-refractivity contribution is 0.467. The highest BCUT2D eigenvalue weighted by molar-refractivity contribution is 5.77. The number of benzene rings is 2. The minimum Gasteiger partial charge on any atom is -0.456 e. The van der Waals surface area contributed by atoms with Crippen LogP contribution in [0.15, 0.2) is 109 Å². The van der Waals surface area contributed by atoms with E-state index < -0.39 is 0 Å². The Hall–Kier alpha value is -3.72. The summed E-state index contributed by atoms with van der Waals surface area (Å²) in [6, 6.07) is 20.2. The summed E-state index contributed by atoms with van der Waals surface area (Å²) in [5.41, 5.74) is 3.96. The van der Waals surface area contributed by atoms with Crippen LogP contribution in [0.5, 0.6) is 0 Å². The van der Waals surface area contributed by atoms with Crippen LogP contribution in [-0.4, -0.2) is 9.97 Å². The van der Waals surface area contributed by atoms with Crippen molar-refractivity contribution < 1.29 is 4.74 Å². The molecule has 130 valence electrons. The van der Waals surface area contributed by atoms with Gasteiger partial charge in [-0.2, -0.15) is 0 Å². The molecule has 0 N–H and O–H groups in total. The van der Waals surface area contributed by atoms with Crippen molar-refractivity contribution in [1.82, 2.24) is 9.97 Å². The number of aromatic nitrogens is 2. The molecule has 0 radical (unpaired) electrons. The van der Waals surface area contributed by atoms with Crippen molar-refractivity contribution >= 4 is 17.6 Å². The van der Waals surface area contributed by atoms with Gasteiger partial charge in [-0.15, -0.1) is 0 Å². The summed E-state index contributed by atoms with van der Waals surface area (Å²) < 4.78 is 6.19. The number of ether oxygens (including phenoxy) is 1. The van der Waals surface area contributed by atoms with Crippen LogP contribution in [0.1, 0.15) is 16.8 Å². The van der Waals surface area contributed by atoms with Crippen molar-refractivity contribution in [3.8, 4) is 0 Å². The molecule has 0 saturated carbocycles. The van der Waals surface area contributed by atoms with Gasteiger partial charge in [0.15, 0.2) is 0 Å². The fraction of sp³-hybridized carbons (Fsp3) is 0. The Balaban J connectivity index is 1.68. The van der Waals surface area contributed by atoms with Crippen molar-refractivity contribution in [2.24, 2.45) is 0 Å². The molecule has 3 nitrogen and oxygen atoms in total. The summed E-state index contributed by atoms with van der Waals surface area (Å²) in [4.78, 5) is 8.33. The smallest absolute Gasteiger partial charge is 0.135 e. The molecule has 0 fully saturated rings. The van der Waals surface area contributed by atoms with Crippen LogP contribution in [0.3, 0.4) is 0 Å². The molecule has 2 aromatic carbocycles. The average Bonchev–Trinajstić information content (AvgIpc) is 2.76. The molecule has 0 atom stereocenters. The minimum absolute atomic E-state index is 0.820. The fourth-order valence-corrected chi connectivity index (χ4v) is 2.76. The third-order valence-electron chi connectivity index (χ3n) is 4.07. The molecule has 3 aromatic rings. The lowest BCUT2D eigenvalue weighted by Crippen LogP contribution is -1.99. The van der Waals surface area contributed by atoms with Crippen LogP contribution in [0, 0.1) is 0 Å². The van der Waals surface area contributed by atoms with Crippen LogP contribution in [0.25, 0.3) is 17.6 Å². The fourth-order valence-electron chi connectivity index (χ4n) is 2.76. The summed E-state index contributed by atoms with van der Waals surface area (Å²) >= 11 is 0. The summed E-state index contributed by atoms with van der Waals surface area (Å²) in [5, 5.41) is 0. The molecule has 0 saturated heterocycles. The van der Waals surface area contributed by atoms with E-state index in [1.54, 1.807) is 18.6 Å². The maximum absolute atomic E-state index is 6.19. The Labute approximate surface area is 158 Å². The maximum Gasteiger partial charge on any atom is 0.135 e. The third kappa shape index (κ3) is 4.28. The molecule has 0 aliphatic carbocycles. The van der Waals surface area contributed by atoms with E-state index in [0.29, 0.717) is 0 Å². The van der Waals surface area contributed by atoms with E-state index in [1.165, 1.54) is 0 Å². The molecule has 27 heavy (non-hydrogen) atoms. The van der Waals surface area contributed by atoms with Crippen molar-refractivity contribution in [2.45, 2.75) is 0 Å². The predicted molar refractivity (Wildman–Crippen MR) is 109 cm³/mol. The van der Waals surface area contributed by atoms with E-state index in [-0.39, 0.29) is 0 Å². The topological polar surface area (TPSA) is 35.0 Å². The van der Waals surface area contributed by atoms with E-state index >= 15 is 0 Å². The number of hydrogen-bond acceptors (Lipinski definition) is 3. The first-order valence-electron chi connectivity index (χ1n) is 8.75. The number of rotatable bonds is 4. The van der Waals surface area contributed by atoms with Gasteiger partial charge in [0, 0.05) is 23.5 Å². The van der Waals surface area contributed by atoms with Gasteiger partial charge in [0.1, 0.15) is 11.5 Å². The summed E-state index contributed by atoms with van der Waals surface area (Å²) in [5.74, 6) is 1.66. The quantitative estimate of drug-likeness (QED) is 0.621. The molecule has 1 aliphatic rings. The first-order chi connectivity index (χ1) is 13.4. The second kappa shape index (κ2) is 8.11. The Morgan fingerprint density at radius 3 is 1.93 bits per heavy atom. The predicted octanol–water partition coefficient (Wildman–Crippen LogP) is 5.53. The molecule has 0 bridgehead atoms. The van der Waals surface area contributed by atoms with Crippen LogP contribution < -0.4 is 0 Å². The number of hydrogen-bond donors (Lipinski definition) is 0. The molecule has 0 amide bonds. The van der Waals surface area contributed by atoms with E-state index in [0.717, 1.165) is 33.9 Å². The van der Waals surface area contributed by atoms with Gasteiger partial charge in [-0.1, -0.05) is 72.8 Å². The second-order valence-electron chi connectivity index (χ2n) is 6.01. The monoisotopic (exact) mass is 350 g/mol. The highest BCUT2D eigenvalue weighted by atomic mass is 16.5. The van der Waals surface area contributed by atoms with E-state index in [2.05, 4.69) is 9.97 Å². The number of allylic oxidation sites excluding steroid dienone is 5. The maximum atomic E-state index is 6.19. The van der Waals surface area contributed by atoms with Crippen LogP contribution in [0.4, 0.5) is 0 Å². The summed E-state index contributed by atoms with van der Waals surface area (Å²) in [7, 11) is 0. The SMILES string of the molecule is C(/C=C/c1cnccn1)=C1C=C(c2ccccc2)OC(c2ccccc2)=C1. The average molecular weight is 350 g/mol. The zero-order chi connectivity index (χ0) is 18.3. The molecule has 1 aromatic heterocycles. The van der Waals surface area contributed by atoms with Crippen LogP contribution >= 0.6 is 0 Å². The van der Waals surface area contributed by atoms with Gasteiger partial charge in [0.05, 0.1) is 11.9 Å². The molecule has 0 spiro atoms. The van der Waals surface area contributed by atoms with Crippen molar-refractivity contribution in [3.05, 3.63) is 126 Å². The van der Waals surface area contributed by atoms with Gasteiger partial charge < -0.3 is 4.74 Å². The Morgan fingerprint density at radius 1 is 0.741 bits per heavy atom. The third-order valence-corrected chi connectivity index (χ3v) is 4.07. The Morgan fingerprint density at radius 2 is 1.37 bits per heavy atom. The largest absolute Gasteiger partial charge is 0.456 e. The minimum atomic E-state index is 0.820. The van der Waals surface area contributed by atoms with Gasteiger partial charge >= 0.3 is 0 Å². The molecular weight excluding hydrogens is 332 g/mol. The molecule has 3 heteroatoms. The van der Waals surface area contributed by atoms with Gasteiger partial charge in [-0.3, -0.25) is 9.97 Å². The highest BCUT2D eigenvalue weighted by Gasteiger charge is 2.14. The normalized spacial score (nSPS) is 13.7. The lowest BCUT2D eigenvalue weighted by atomic mass is 10.0. The Bertz CT molecular complexity index is 960. The van der Waals surface area contributed by atoms with Gasteiger partial charge in [0.25, 0.3) is 0 Å². The number of nitrogens with zero attached hydrogens (tertiary/aromatic N) is 2. The first kappa shape index (κ1) is 16.7. The summed E-state index contributed by atoms with van der Waals surface area (Å²) in [6.07, 6.45) is 15.1. The van der Waals surface area contributed by atoms with Gasteiger partial charge in [-0.05, 0) is 23.8 Å². The molecule has 1 aliphatic heterocycles. The first-order valence-corrected chi connectivity index (χ1v) is 8.75. The van der Waals surface area contributed by atoms with Crippen molar-refractivity contribution in [1.29, 1.82) is 0 Å². The highest BCUT2D eigenvalue weighted by Crippen LogP contribution is 2.31. The molecule has 2 heterocycles. The van der Waals surface area contributed by atoms with Crippen LogP contribution in [0.2, 0.25) is 0 Å². The van der Waals surface area contributed by atoms with Crippen molar-refractivity contribution in [2.75, 3.05) is 0 Å². The second-order valence-corrected chi connectivity index (χ2v) is 6.01. The molecule has 4 rings (SSSR count). The van der Waals surface area contributed by atoms with Gasteiger partial charge in [-0.25, -0.2) is 0 Å². The summed E-state index contributed by atoms with van der Waals surface area (Å²) in [6.45, 7) is 0. The zero-order valence-electron chi connectivity index (χ0n) is 14.7. The lowest BCUT2D eigenvalue weighted by Gasteiger charge is -2.18. The van der Waals surface area contributed by atoms with Crippen LogP contribution in [-0.2, 0) is 4.74 Å². The van der Waals surface area contributed by atoms with Gasteiger partial charge in [0.2, 0.25) is 0 Å². The zero-order valence-corrected chi connectivity index (χ0v) is 14.7. The molecular formula is C24H18N2O. The molecule has 0 unspecified atom stereocenters. The van der Waals surface area contributed by atoms with E-state index in [1.807, 2.05) is 91.0 Å². The van der Waals surface area contributed by atoms with E-state index in [9.17, 15) is 0 Å².